The van der Waals surface area contributed by atoms with E-state index in [1.54, 1.807) is 30.2 Å². The maximum atomic E-state index is 12.3. The van der Waals surface area contributed by atoms with E-state index in [0.717, 1.165) is 36.7 Å². The van der Waals surface area contributed by atoms with E-state index in [2.05, 4.69) is 9.97 Å². The Morgan fingerprint density at radius 3 is 2.76 bits per heavy atom. The smallest absolute Gasteiger partial charge is 0.410 e. The molecule has 1 aliphatic heterocycles. The van der Waals surface area contributed by atoms with Crippen LogP contribution in [-0.2, 0) is 4.74 Å². The number of nitrogens with zero attached hydrogens (tertiary/aromatic N) is 3. The van der Waals surface area contributed by atoms with E-state index in [1.807, 2.05) is 25.7 Å². The normalized spacial score (nSPS) is 19.4. The van der Waals surface area contributed by atoms with Crippen LogP contribution in [0.3, 0.4) is 0 Å². The summed E-state index contributed by atoms with van der Waals surface area (Å²) in [6.07, 6.45) is 6.48. The van der Waals surface area contributed by atoms with Crippen LogP contribution in [0.15, 0.2) is 23.6 Å². The molecule has 6 heteroatoms. The van der Waals surface area contributed by atoms with Gasteiger partial charge in [-0.1, -0.05) is 11.8 Å². The van der Waals surface area contributed by atoms with Gasteiger partial charge in [-0.25, -0.2) is 14.8 Å². The number of carbonyl (C=O) groups excluding carboxylic acids is 1. The summed E-state index contributed by atoms with van der Waals surface area (Å²) < 4.78 is 5.51. The quantitative estimate of drug-likeness (QED) is 0.633. The first kappa shape index (κ1) is 16.1. The minimum Gasteiger partial charge on any atom is -0.444 e. The summed E-state index contributed by atoms with van der Waals surface area (Å²) in [5.74, 6) is 0.809. The third-order valence-electron chi connectivity index (χ3n) is 3.20. The summed E-state index contributed by atoms with van der Waals surface area (Å²) in [5.41, 5.74) is -0.450. The van der Waals surface area contributed by atoms with Crippen LogP contribution in [0.2, 0.25) is 0 Å². The summed E-state index contributed by atoms with van der Waals surface area (Å²) >= 11 is 1.59. The Bertz CT molecular complexity index is 462. The highest BCUT2D eigenvalue weighted by molar-refractivity contribution is 7.99. The molecule has 2 heterocycles. The van der Waals surface area contributed by atoms with Crippen molar-refractivity contribution in [2.45, 2.75) is 56.8 Å². The van der Waals surface area contributed by atoms with Crippen molar-refractivity contribution in [1.29, 1.82) is 0 Å². The van der Waals surface area contributed by atoms with Crippen LogP contribution in [0.4, 0.5) is 4.79 Å². The molecule has 0 N–H and O–H groups in total. The Kier molecular flexibility index (Phi) is 5.45. The van der Waals surface area contributed by atoms with E-state index in [-0.39, 0.29) is 12.1 Å². The first-order chi connectivity index (χ1) is 9.96. The Morgan fingerprint density at radius 1 is 1.38 bits per heavy atom. The molecule has 21 heavy (non-hydrogen) atoms. The summed E-state index contributed by atoms with van der Waals surface area (Å²) in [5, 5.41) is 0.757. The lowest BCUT2D eigenvalue weighted by Crippen LogP contribution is -2.47. The molecule has 1 saturated heterocycles. The van der Waals surface area contributed by atoms with E-state index in [4.69, 9.17) is 4.74 Å². The first-order valence-electron chi connectivity index (χ1n) is 7.35. The molecule has 0 aromatic carbocycles. The minimum atomic E-state index is -0.450. The van der Waals surface area contributed by atoms with Crippen molar-refractivity contribution in [3.8, 4) is 0 Å². The van der Waals surface area contributed by atoms with E-state index in [1.165, 1.54) is 0 Å². The summed E-state index contributed by atoms with van der Waals surface area (Å²) in [6, 6.07) is 2.00. The lowest BCUT2D eigenvalue weighted by Gasteiger charge is -2.36. The first-order valence-corrected chi connectivity index (χ1v) is 8.34. The highest BCUT2D eigenvalue weighted by Crippen LogP contribution is 2.25. The summed E-state index contributed by atoms with van der Waals surface area (Å²) in [6.45, 7) is 6.47. The average Bonchev–Trinajstić information content (AvgIpc) is 2.45. The van der Waals surface area contributed by atoms with Gasteiger partial charge in [0.25, 0.3) is 0 Å². The van der Waals surface area contributed by atoms with E-state index >= 15 is 0 Å². The van der Waals surface area contributed by atoms with Gasteiger partial charge in [-0.05, 0) is 46.1 Å². The van der Waals surface area contributed by atoms with Crippen molar-refractivity contribution in [2.75, 3.05) is 12.3 Å². The Balaban J connectivity index is 1.94. The molecular formula is C15H23N3O2S. The van der Waals surface area contributed by atoms with Crippen molar-refractivity contribution in [1.82, 2.24) is 14.9 Å². The number of piperidine rings is 1. The molecule has 0 aliphatic carbocycles. The van der Waals surface area contributed by atoms with Crippen LogP contribution in [0, 0.1) is 0 Å². The van der Waals surface area contributed by atoms with Crippen LogP contribution < -0.4 is 0 Å². The molecule has 1 aromatic rings. The molecule has 5 nitrogen and oxygen atoms in total. The molecule has 0 bridgehead atoms. The summed E-state index contributed by atoms with van der Waals surface area (Å²) in [4.78, 5) is 22.6. The molecule has 1 fully saturated rings. The molecular weight excluding hydrogens is 286 g/mol. The molecule has 1 aromatic heterocycles. The average molecular weight is 309 g/mol. The number of hydrogen-bond acceptors (Lipinski definition) is 5. The Labute approximate surface area is 130 Å². The van der Waals surface area contributed by atoms with Gasteiger partial charge in [0, 0.05) is 30.7 Å². The monoisotopic (exact) mass is 309 g/mol. The summed E-state index contributed by atoms with van der Waals surface area (Å²) in [7, 11) is 0. The molecule has 116 valence electrons. The molecule has 0 spiro atoms. The standard InChI is InChI=1S/C15H23N3O2S/c1-15(2,3)20-14(19)18-10-5-4-7-12(18)11-21-13-16-8-6-9-17-13/h6,8-9,12H,4-5,7,10-11H2,1-3H3/t12-/m1/s1. The molecule has 1 atom stereocenters. The highest BCUT2D eigenvalue weighted by Gasteiger charge is 2.30. The van der Waals surface area contributed by atoms with Gasteiger partial charge in [-0.15, -0.1) is 0 Å². The van der Waals surface area contributed by atoms with Gasteiger partial charge >= 0.3 is 6.09 Å². The van der Waals surface area contributed by atoms with Crippen molar-refractivity contribution in [3.05, 3.63) is 18.5 Å². The fourth-order valence-electron chi connectivity index (χ4n) is 2.27. The topological polar surface area (TPSA) is 55.3 Å². The maximum Gasteiger partial charge on any atom is 0.410 e. The molecule has 1 amide bonds. The largest absolute Gasteiger partial charge is 0.444 e. The maximum absolute atomic E-state index is 12.3. The van der Waals surface area contributed by atoms with Crippen LogP contribution in [0.1, 0.15) is 40.0 Å². The van der Waals surface area contributed by atoms with Crippen LogP contribution >= 0.6 is 11.8 Å². The van der Waals surface area contributed by atoms with Gasteiger partial charge < -0.3 is 9.64 Å². The molecule has 0 unspecified atom stereocenters. The van der Waals surface area contributed by atoms with Gasteiger partial charge in [-0.2, -0.15) is 0 Å². The van der Waals surface area contributed by atoms with Gasteiger partial charge in [0.15, 0.2) is 5.16 Å². The Hall–Kier alpha value is -1.30. The number of thioether (sulfide) groups is 1. The van der Waals surface area contributed by atoms with Crippen molar-refractivity contribution < 1.29 is 9.53 Å². The fraction of sp³-hybridized carbons (Fsp3) is 0.667. The molecule has 1 aliphatic rings. The zero-order chi connectivity index (χ0) is 15.3. The second-order valence-electron chi connectivity index (χ2n) is 6.17. The second-order valence-corrected chi connectivity index (χ2v) is 7.15. The van der Waals surface area contributed by atoms with Gasteiger partial charge in [0.05, 0.1) is 0 Å². The second kappa shape index (κ2) is 7.11. The number of rotatable bonds is 3. The van der Waals surface area contributed by atoms with Crippen molar-refractivity contribution >= 4 is 17.9 Å². The third kappa shape index (κ3) is 5.19. The van der Waals surface area contributed by atoms with Crippen LogP contribution in [0.5, 0.6) is 0 Å². The minimum absolute atomic E-state index is 0.197. The number of hydrogen-bond donors (Lipinski definition) is 0. The van der Waals surface area contributed by atoms with Crippen LogP contribution in [0.25, 0.3) is 0 Å². The van der Waals surface area contributed by atoms with E-state index < -0.39 is 5.60 Å². The predicted octanol–water partition coefficient (Wildman–Crippen LogP) is 3.36. The zero-order valence-corrected chi connectivity index (χ0v) is 13.7. The van der Waals surface area contributed by atoms with Crippen molar-refractivity contribution in [2.24, 2.45) is 0 Å². The lowest BCUT2D eigenvalue weighted by molar-refractivity contribution is 0.0125. The highest BCUT2D eigenvalue weighted by atomic mass is 32.2. The zero-order valence-electron chi connectivity index (χ0n) is 12.9. The molecule has 0 saturated carbocycles. The van der Waals surface area contributed by atoms with Gasteiger partial charge in [0.1, 0.15) is 5.60 Å². The fourth-order valence-corrected chi connectivity index (χ4v) is 3.22. The lowest BCUT2D eigenvalue weighted by atomic mass is 10.0. The number of aromatic nitrogens is 2. The van der Waals surface area contributed by atoms with E-state index in [9.17, 15) is 4.79 Å². The Morgan fingerprint density at radius 2 is 2.10 bits per heavy atom. The molecule has 2 rings (SSSR count). The van der Waals surface area contributed by atoms with Gasteiger partial charge in [0.2, 0.25) is 0 Å². The third-order valence-corrected chi connectivity index (χ3v) is 4.22. The van der Waals surface area contributed by atoms with Crippen molar-refractivity contribution in [3.63, 3.8) is 0 Å². The number of ether oxygens (including phenoxy) is 1. The van der Waals surface area contributed by atoms with Crippen LogP contribution in [-0.4, -0.2) is 44.9 Å². The SMILES string of the molecule is CC(C)(C)OC(=O)N1CCCC[C@@H]1CSc1ncccn1. The molecule has 0 radical (unpaired) electrons. The predicted molar refractivity (Wildman–Crippen MR) is 83.3 cm³/mol. The number of carbonyl (C=O) groups is 1. The van der Waals surface area contributed by atoms with Gasteiger partial charge in [-0.3, -0.25) is 0 Å². The van der Waals surface area contributed by atoms with E-state index in [0.29, 0.717) is 0 Å². The number of likely N-dealkylation sites (tertiary alicyclic amines) is 1. The number of amides is 1.